The van der Waals surface area contributed by atoms with Gasteiger partial charge < -0.3 is 8.85 Å². The van der Waals surface area contributed by atoms with E-state index in [-0.39, 0.29) is 6.10 Å². The number of halogens is 1. The maximum atomic E-state index is 5.75. The molecule has 0 radical (unpaired) electrons. The van der Waals surface area contributed by atoms with E-state index < -0.39 is 8.56 Å². The SMILES string of the molecule is CO[Si](C)(C)OC(C)CCCCl. The first-order valence-corrected chi connectivity index (χ1v) is 7.66. The van der Waals surface area contributed by atoms with Crippen molar-refractivity contribution in [1.29, 1.82) is 0 Å². The lowest BCUT2D eigenvalue weighted by Gasteiger charge is -2.24. The summed E-state index contributed by atoms with van der Waals surface area (Å²) in [7, 11) is -0.125. The van der Waals surface area contributed by atoms with E-state index in [9.17, 15) is 0 Å². The number of rotatable bonds is 6. The summed E-state index contributed by atoms with van der Waals surface area (Å²) in [5.74, 6) is 0.711. The zero-order valence-corrected chi connectivity index (χ0v) is 10.1. The molecular weight excluding hydrogens is 192 g/mol. The van der Waals surface area contributed by atoms with Crippen molar-refractivity contribution in [3.05, 3.63) is 0 Å². The molecule has 0 saturated heterocycles. The van der Waals surface area contributed by atoms with Gasteiger partial charge in [0.05, 0.1) is 0 Å². The third-order valence-corrected chi connectivity index (χ3v) is 3.94. The Morgan fingerprint density at radius 1 is 1.42 bits per heavy atom. The van der Waals surface area contributed by atoms with Crippen molar-refractivity contribution in [2.75, 3.05) is 13.0 Å². The summed E-state index contributed by atoms with van der Waals surface area (Å²) in [6.07, 6.45) is 2.30. The first-order valence-electron chi connectivity index (χ1n) is 4.31. The maximum absolute atomic E-state index is 5.75. The molecule has 0 amide bonds. The molecule has 0 spiro atoms. The molecule has 1 unspecified atom stereocenters. The van der Waals surface area contributed by atoms with E-state index in [4.69, 9.17) is 20.5 Å². The average Bonchev–Trinajstić information content (AvgIpc) is 2.00. The molecule has 2 nitrogen and oxygen atoms in total. The zero-order chi connectivity index (χ0) is 9.61. The molecule has 0 fully saturated rings. The van der Waals surface area contributed by atoms with Crippen molar-refractivity contribution in [2.45, 2.75) is 39.0 Å². The van der Waals surface area contributed by atoms with E-state index in [2.05, 4.69) is 6.92 Å². The van der Waals surface area contributed by atoms with Crippen LogP contribution in [0.15, 0.2) is 0 Å². The van der Waals surface area contributed by atoms with Crippen LogP contribution in [0.3, 0.4) is 0 Å². The van der Waals surface area contributed by atoms with Gasteiger partial charge in [-0.15, -0.1) is 11.6 Å². The molecule has 0 heterocycles. The molecule has 0 saturated carbocycles. The van der Waals surface area contributed by atoms with Gasteiger partial charge in [-0.25, -0.2) is 0 Å². The summed E-state index contributed by atoms with van der Waals surface area (Å²) in [4.78, 5) is 0. The van der Waals surface area contributed by atoms with Gasteiger partial charge in [-0.3, -0.25) is 0 Å². The largest absolute Gasteiger partial charge is 0.398 e. The van der Waals surface area contributed by atoms with Gasteiger partial charge in [0.25, 0.3) is 0 Å². The van der Waals surface area contributed by atoms with E-state index in [1.165, 1.54) is 0 Å². The monoisotopic (exact) mass is 210 g/mol. The molecule has 12 heavy (non-hydrogen) atoms. The molecule has 0 aliphatic heterocycles. The standard InChI is InChI=1S/C8H19ClO2Si/c1-8(6-5-7-9)11-12(3,4)10-2/h8H,5-7H2,1-4H3. The molecule has 4 heteroatoms. The van der Waals surface area contributed by atoms with E-state index in [0.717, 1.165) is 12.8 Å². The van der Waals surface area contributed by atoms with Crippen molar-refractivity contribution in [2.24, 2.45) is 0 Å². The van der Waals surface area contributed by atoms with Gasteiger partial charge in [0, 0.05) is 19.1 Å². The van der Waals surface area contributed by atoms with Crippen LogP contribution >= 0.6 is 11.6 Å². The summed E-state index contributed by atoms with van der Waals surface area (Å²) >= 11 is 5.58. The van der Waals surface area contributed by atoms with Crippen LogP contribution in [-0.2, 0) is 8.85 Å². The molecule has 0 rings (SSSR count). The molecule has 0 aromatic heterocycles. The second kappa shape index (κ2) is 5.97. The predicted molar refractivity (Wildman–Crippen MR) is 55.0 cm³/mol. The summed E-state index contributed by atoms with van der Waals surface area (Å²) in [5, 5.41) is 0. The third kappa shape index (κ3) is 6.00. The summed E-state index contributed by atoms with van der Waals surface area (Å²) in [6, 6.07) is 0. The van der Waals surface area contributed by atoms with Crippen molar-refractivity contribution in [1.82, 2.24) is 0 Å². The molecule has 74 valence electrons. The molecule has 0 aromatic carbocycles. The van der Waals surface area contributed by atoms with E-state index >= 15 is 0 Å². The molecule has 0 aliphatic carbocycles. The highest BCUT2D eigenvalue weighted by atomic mass is 35.5. The lowest BCUT2D eigenvalue weighted by molar-refractivity contribution is 0.143. The first-order chi connectivity index (χ1) is 5.52. The molecule has 0 bridgehead atoms. The normalized spacial score (nSPS) is 14.8. The van der Waals surface area contributed by atoms with Crippen molar-refractivity contribution in [3.8, 4) is 0 Å². The second-order valence-corrected chi connectivity index (χ2v) is 7.19. The highest BCUT2D eigenvalue weighted by molar-refractivity contribution is 6.64. The van der Waals surface area contributed by atoms with Crippen LogP contribution in [0.25, 0.3) is 0 Å². The topological polar surface area (TPSA) is 18.5 Å². The Hall–Kier alpha value is 0.427. The zero-order valence-electron chi connectivity index (χ0n) is 8.39. The quantitative estimate of drug-likeness (QED) is 0.496. The van der Waals surface area contributed by atoms with Crippen LogP contribution in [0.1, 0.15) is 19.8 Å². The fourth-order valence-electron chi connectivity index (χ4n) is 0.956. The lowest BCUT2D eigenvalue weighted by atomic mass is 10.2. The van der Waals surface area contributed by atoms with E-state index in [1.807, 2.05) is 13.1 Å². The number of hydrogen-bond donors (Lipinski definition) is 0. The first kappa shape index (κ1) is 12.4. The number of hydrogen-bond acceptors (Lipinski definition) is 2. The molecule has 0 aliphatic rings. The van der Waals surface area contributed by atoms with Gasteiger partial charge in [0.15, 0.2) is 0 Å². The van der Waals surface area contributed by atoms with Crippen LogP contribution in [0.2, 0.25) is 13.1 Å². The van der Waals surface area contributed by atoms with Crippen LogP contribution < -0.4 is 0 Å². The van der Waals surface area contributed by atoms with Crippen molar-refractivity contribution >= 4 is 20.2 Å². The average molecular weight is 211 g/mol. The Morgan fingerprint density at radius 2 is 2.00 bits per heavy atom. The summed E-state index contributed by atoms with van der Waals surface area (Å²) in [6.45, 7) is 6.16. The molecular formula is C8H19ClO2Si. The van der Waals surface area contributed by atoms with Crippen LogP contribution in [0.4, 0.5) is 0 Å². The van der Waals surface area contributed by atoms with Gasteiger partial charge in [0.1, 0.15) is 0 Å². The Labute approximate surface area is 81.5 Å². The minimum absolute atomic E-state index is 0.269. The summed E-state index contributed by atoms with van der Waals surface area (Å²) in [5.41, 5.74) is 0. The Balaban J connectivity index is 3.60. The fourth-order valence-corrected chi connectivity index (χ4v) is 2.29. The second-order valence-electron chi connectivity index (χ2n) is 3.36. The fraction of sp³-hybridized carbons (Fsp3) is 1.00. The van der Waals surface area contributed by atoms with Crippen molar-refractivity contribution in [3.63, 3.8) is 0 Å². The minimum atomic E-state index is -1.83. The Bertz CT molecular complexity index is 120. The molecule has 0 N–H and O–H groups in total. The van der Waals surface area contributed by atoms with Gasteiger partial charge >= 0.3 is 8.56 Å². The van der Waals surface area contributed by atoms with Crippen LogP contribution in [0.5, 0.6) is 0 Å². The van der Waals surface area contributed by atoms with E-state index in [1.54, 1.807) is 7.11 Å². The van der Waals surface area contributed by atoms with Crippen LogP contribution in [0, 0.1) is 0 Å². The van der Waals surface area contributed by atoms with E-state index in [0.29, 0.717) is 5.88 Å². The van der Waals surface area contributed by atoms with Crippen LogP contribution in [-0.4, -0.2) is 27.7 Å². The lowest BCUT2D eigenvalue weighted by Crippen LogP contribution is -2.36. The number of alkyl halides is 1. The van der Waals surface area contributed by atoms with Crippen molar-refractivity contribution < 1.29 is 8.85 Å². The maximum Gasteiger partial charge on any atom is 0.331 e. The summed E-state index contributed by atoms with van der Waals surface area (Å²) < 4.78 is 11.0. The van der Waals surface area contributed by atoms with Gasteiger partial charge in [-0.05, 0) is 32.9 Å². The highest BCUT2D eigenvalue weighted by Gasteiger charge is 2.24. The predicted octanol–water partition coefficient (Wildman–Crippen LogP) is 2.76. The Morgan fingerprint density at radius 3 is 2.42 bits per heavy atom. The molecule has 0 aromatic rings. The van der Waals surface area contributed by atoms with Gasteiger partial charge in [-0.2, -0.15) is 0 Å². The Kier molecular flexibility index (Phi) is 6.18. The minimum Gasteiger partial charge on any atom is -0.398 e. The van der Waals surface area contributed by atoms with Gasteiger partial charge in [-0.1, -0.05) is 0 Å². The highest BCUT2D eigenvalue weighted by Crippen LogP contribution is 2.12. The van der Waals surface area contributed by atoms with Gasteiger partial charge in [0.2, 0.25) is 0 Å². The smallest absolute Gasteiger partial charge is 0.331 e. The third-order valence-electron chi connectivity index (χ3n) is 1.72. The molecule has 1 atom stereocenters.